The quantitative estimate of drug-likeness (QED) is 0.483. The molecule has 170 valence electrons. The van der Waals surface area contributed by atoms with Gasteiger partial charge in [-0.3, -0.25) is 4.79 Å². The third-order valence-electron chi connectivity index (χ3n) is 6.84. The summed E-state index contributed by atoms with van der Waals surface area (Å²) < 4.78 is 3.92. The van der Waals surface area contributed by atoms with Crippen LogP contribution in [0, 0.1) is 5.92 Å². The zero-order valence-corrected chi connectivity index (χ0v) is 18.6. The van der Waals surface area contributed by atoms with Gasteiger partial charge in [-0.05, 0) is 43.7 Å². The van der Waals surface area contributed by atoms with Crippen molar-refractivity contribution in [3.63, 3.8) is 0 Å². The molecule has 1 aromatic carbocycles. The molecule has 1 aliphatic heterocycles. The lowest BCUT2D eigenvalue weighted by Gasteiger charge is -2.33. The second-order valence-corrected chi connectivity index (χ2v) is 9.06. The predicted molar refractivity (Wildman–Crippen MR) is 126 cm³/mol. The lowest BCUT2D eigenvalue weighted by molar-refractivity contribution is 0.0939. The third-order valence-corrected chi connectivity index (χ3v) is 6.84. The average Bonchev–Trinajstić information content (AvgIpc) is 3.52. The zero-order valence-electron chi connectivity index (χ0n) is 18.6. The Morgan fingerprint density at radius 2 is 1.91 bits per heavy atom. The van der Waals surface area contributed by atoms with Crippen molar-refractivity contribution in [2.24, 2.45) is 13.0 Å². The van der Waals surface area contributed by atoms with E-state index in [9.17, 15) is 4.79 Å². The largest absolute Gasteiger partial charge is 0.369 e. The summed E-state index contributed by atoms with van der Waals surface area (Å²) in [7, 11) is 1.83. The molecule has 1 saturated heterocycles. The van der Waals surface area contributed by atoms with Gasteiger partial charge in [-0.25, -0.2) is 19.9 Å². The van der Waals surface area contributed by atoms with Gasteiger partial charge in [-0.15, -0.1) is 0 Å². The van der Waals surface area contributed by atoms with Gasteiger partial charge in [-0.2, -0.15) is 0 Å². The van der Waals surface area contributed by atoms with Crippen molar-refractivity contribution >= 4 is 39.9 Å². The van der Waals surface area contributed by atoms with Crippen LogP contribution in [0.2, 0.25) is 0 Å². The minimum Gasteiger partial charge on any atom is -0.369 e. The summed E-state index contributed by atoms with van der Waals surface area (Å²) >= 11 is 0. The molecule has 4 aromatic rings. The molecule has 0 unspecified atom stereocenters. The van der Waals surface area contributed by atoms with Crippen LogP contribution >= 0.6 is 0 Å². The summed E-state index contributed by atoms with van der Waals surface area (Å²) in [6, 6.07) is 8.34. The van der Waals surface area contributed by atoms with E-state index in [1.807, 2.05) is 25.2 Å². The van der Waals surface area contributed by atoms with E-state index < -0.39 is 0 Å². The molecule has 0 radical (unpaired) electrons. The number of anilines is 2. The van der Waals surface area contributed by atoms with E-state index in [1.165, 1.54) is 12.8 Å². The number of aromatic nitrogens is 6. The number of carbonyl (C=O) groups is 1. The average molecular weight is 446 g/mol. The van der Waals surface area contributed by atoms with Gasteiger partial charge in [0, 0.05) is 32.7 Å². The molecule has 2 aliphatic rings. The highest BCUT2D eigenvalue weighted by atomic mass is 16.2. The molecule has 1 aliphatic carbocycles. The number of imidazole rings is 2. The Hall–Kier alpha value is -3.69. The molecule has 0 spiro atoms. The highest BCUT2D eigenvalue weighted by Crippen LogP contribution is 2.33. The first kappa shape index (κ1) is 20.0. The highest BCUT2D eigenvalue weighted by Gasteiger charge is 2.28. The summed E-state index contributed by atoms with van der Waals surface area (Å²) in [6.07, 6.45) is 5.76. The van der Waals surface area contributed by atoms with Crippen LogP contribution in [0.1, 0.15) is 42.3 Å². The molecule has 2 fully saturated rings. The molecule has 0 bridgehead atoms. The van der Waals surface area contributed by atoms with E-state index >= 15 is 0 Å². The molecular formula is C23H27N9O. The number of carbonyl (C=O) groups excluding carboxylic acids is 1. The number of fused-ring (bicyclic) bond motifs is 2. The van der Waals surface area contributed by atoms with Gasteiger partial charge in [0.15, 0.2) is 17.0 Å². The molecule has 10 nitrogen and oxygen atoms in total. The van der Waals surface area contributed by atoms with E-state index in [0.717, 1.165) is 42.8 Å². The Morgan fingerprint density at radius 1 is 1.12 bits per heavy atom. The topological polar surface area (TPSA) is 120 Å². The Labute approximate surface area is 190 Å². The summed E-state index contributed by atoms with van der Waals surface area (Å²) in [5, 5.41) is 3.00. The van der Waals surface area contributed by atoms with Crippen LogP contribution in [0.5, 0.6) is 0 Å². The van der Waals surface area contributed by atoms with Crippen molar-refractivity contribution in [3.8, 4) is 0 Å². The molecule has 10 heteroatoms. The van der Waals surface area contributed by atoms with Crippen LogP contribution in [-0.2, 0) is 7.05 Å². The summed E-state index contributed by atoms with van der Waals surface area (Å²) in [5.74, 6) is 2.17. The fourth-order valence-electron chi connectivity index (χ4n) is 4.84. The summed E-state index contributed by atoms with van der Waals surface area (Å²) in [5.41, 5.74) is 9.61. The minimum absolute atomic E-state index is 0.158. The van der Waals surface area contributed by atoms with E-state index in [2.05, 4.69) is 40.8 Å². The standard InChI is InChI=1S/C23H27N9O/c1-30-19-18(29-21(30)22(33)25-12-14-6-7-14)20(27-13-26-19)31-10-8-15(9-11-31)32-17-5-3-2-4-16(17)28-23(32)24/h2-5,13-15H,6-12H2,1H3,(H2,24,28)(H,25,33). The molecular weight excluding hydrogens is 418 g/mol. The lowest BCUT2D eigenvalue weighted by Crippen LogP contribution is -2.35. The van der Waals surface area contributed by atoms with Gasteiger partial charge in [0.25, 0.3) is 5.91 Å². The van der Waals surface area contributed by atoms with E-state index in [4.69, 9.17) is 5.73 Å². The number of nitrogens with one attached hydrogen (secondary N) is 1. The SMILES string of the molecule is Cn1c(C(=O)NCC2CC2)nc2c(N3CCC(n4c(N)nc5ccccc54)CC3)ncnc21. The molecule has 4 heterocycles. The van der Waals surface area contributed by atoms with Gasteiger partial charge in [0.1, 0.15) is 6.33 Å². The number of rotatable bonds is 5. The van der Waals surface area contributed by atoms with Crippen LogP contribution in [0.4, 0.5) is 11.8 Å². The number of nitrogens with zero attached hydrogens (tertiary/aromatic N) is 7. The maximum absolute atomic E-state index is 12.7. The second kappa shape index (κ2) is 7.72. The number of benzene rings is 1. The monoisotopic (exact) mass is 445 g/mol. The van der Waals surface area contributed by atoms with Gasteiger partial charge in [-0.1, -0.05) is 12.1 Å². The van der Waals surface area contributed by atoms with Crippen molar-refractivity contribution in [3.05, 3.63) is 36.4 Å². The maximum atomic E-state index is 12.7. The van der Waals surface area contributed by atoms with Crippen LogP contribution in [0.3, 0.4) is 0 Å². The number of para-hydroxylation sites is 2. The molecule has 1 amide bonds. The van der Waals surface area contributed by atoms with E-state index in [-0.39, 0.29) is 11.9 Å². The molecule has 3 N–H and O–H groups in total. The molecule has 3 aromatic heterocycles. The van der Waals surface area contributed by atoms with E-state index in [0.29, 0.717) is 35.4 Å². The molecule has 33 heavy (non-hydrogen) atoms. The maximum Gasteiger partial charge on any atom is 0.287 e. The van der Waals surface area contributed by atoms with Gasteiger partial charge in [0.05, 0.1) is 11.0 Å². The Balaban J connectivity index is 1.24. The van der Waals surface area contributed by atoms with Crippen LogP contribution < -0.4 is 16.0 Å². The second-order valence-electron chi connectivity index (χ2n) is 9.06. The van der Waals surface area contributed by atoms with Crippen molar-refractivity contribution in [2.45, 2.75) is 31.7 Å². The lowest BCUT2D eigenvalue weighted by atomic mass is 10.0. The first-order chi connectivity index (χ1) is 16.1. The smallest absolute Gasteiger partial charge is 0.287 e. The number of hydrogen-bond donors (Lipinski definition) is 2. The number of nitrogen functional groups attached to an aromatic ring is 1. The molecule has 6 rings (SSSR count). The first-order valence-corrected chi connectivity index (χ1v) is 11.5. The summed E-state index contributed by atoms with van der Waals surface area (Å²) in [4.78, 5) is 33.1. The predicted octanol–water partition coefficient (Wildman–Crippen LogP) is 2.28. The summed E-state index contributed by atoms with van der Waals surface area (Å²) in [6.45, 7) is 2.32. The zero-order chi connectivity index (χ0) is 22.5. The number of hydrogen-bond acceptors (Lipinski definition) is 7. The number of amides is 1. The highest BCUT2D eigenvalue weighted by molar-refractivity contribution is 5.96. The number of aryl methyl sites for hydroxylation is 1. The molecule has 0 atom stereocenters. The van der Waals surface area contributed by atoms with Crippen LogP contribution in [0.25, 0.3) is 22.2 Å². The number of piperidine rings is 1. The van der Waals surface area contributed by atoms with Crippen LogP contribution in [-0.4, -0.2) is 54.6 Å². The Morgan fingerprint density at radius 3 is 2.70 bits per heavy atom. The Kier molecular flexibility index (Phi) is 4.67. The minimum atomic E-state index is -0.158. The van der Waals surface area contributed by atoms with Gasteiger partial charge < -0.3 is 25.1 Å². The fourth-order valence-corrected chi connectivity index (χ4v) is 4.84. The molecule has 1 saturated carbocycles. The van der Waals surface area contributed by atoms with Crippen molar-refractivity contribution in [1.29, 1.82) is 0 Å². The number of nitrogens with two attached hydrogens (primary N) is 1. The Bertz CT molecular complexity index is 1340. The normalized spacial score (nSPS) is 17.2. The van der Waals surface area contributed by atoms with E-state index in [1.54, 1.807) is 10.9 Å². The fraction of sp³-hybridized carbons (Fsp3) is 0.435. The van der Waals surface area contributed by atoms with Gasteiger partial charge in [0.2, 0.25) is 11.8 Å². The first-order valence-electron chi connectivity index (χ1n) is 11.5. The van der Waals surface area contributed by atoms with Crippen molar-refractivity contribution in [1.82, 2.24) is 34.4 Å². The van der Waals surface area contributed by atoms with Crippen molar-refractivity contribution < 1.29 is 4.79 Å². The van der Waals surface area contributed by atoms with Gasteiger partial charge >= 0.3 is 0 Å². The third kappa shape index (κ3) is 3.46. The van der Waals surface area contributed by atoms with Crippen molar-refractivity contribution in [2.75, 3.05) is 30.3 Å². The van der Waals surface area contributed by atoms with Crippen LogP contribution in [0.15, 0.2) is 30.6 Å².